The van der Waals surface area contributed by atoms with E-state index >= 15 is 0 Å². The highest BCUT2D eigenvalue weighted by molar-refractivity contribution is 5.93. The Morgan fingerprint density at radius 3 is 2.56 bits per heavy atom. The van der Waals surface area contributed by atoms with Crippen LogP contribution in [0.3, 0.4) is 0 Å². The molecule has 0 atom stereocenters. The molecule has 0 aliphatic heterocycles. The van der Waals surface area contributed by atoms with Crippen LogP contribution in [0.5, 0.6) is 0 Å². The normalized spacial score (nSPS) is 10.4. The van der Waals surface area contributed by atoms with Crippen LogP contribution >= 0.6 is 0 Å². The maximum Gasteiger partial charge on any atom is 0.287 e. The van der Waals surface area contributed by atoms with E-state index in [0.717, 1.165) is 0 Å². The second kappa shape index (κ2) is 7.30. The maximum atomic E-state index is 12.1. The molecule has 3 rings (SSSR count). The Kier molecular flexibility index (Phi) is 4.74. The van der Waals surface area contributed by atoms with Crippen molar-refractivity contribution in [3.05, 3.63) is 64.7 Å². The van der Waals surface area contributed by atoms with Gasteiger partial charge in [-0.15, -0.1) is 0 Å². The van der Waals surface area contributed by atoms with Crippen molar-refractivity contribution in [2.45, 2.75) is 0 Å². The number of rotatable bonds is 5. The Morgan fingerprint density at radius 1 is 1.04 bits per heavy atom. The molecule has 0 saturated heterocycles. The minimum absolute atomic E-state index is 0.0797. The molecule has 2 amide bonds. The lowest BCUT2D eigenvalue weighted by Gasteiger charge is -2.07. The molecule has 3 aromatic rings. The van der Waals surface area contributed by atoms with E-state index in [2.05, 4.69) is 30.6 Å². The molecule has 126 valence electrons. The first-order valence-electron chi connectivity index (χ1n) is 7.46. The summed E-state index contributed by atoms with van der Waals surface area (Å²) in [6, 6.07) is 6.74. The Bertz CT molecular complexity index is 970. The average Bonchev–Trinajstić information content (AvgIpc) is 2.65. The predicted octanol–water partition coefficient (Wildman–Crippen LogP) is -0.127. The first-order chi connectivity index (χ1) is 12.1. The molecule has 2 aromatic heterocycles. The van der Waals surface area contributed by atoms with Crippen molar-refractivity contribution in [2.75, 3.05) is 13.1 Å². The lowest BCUT2D eigenvalue weighted by molar-refractivity contribution is 0.0920. The summed E-state index contributed by atoms with van der Waals surface area (Å²) in [5.74, 6) is -1.000. The van der Waals surface area contributed by atoms with Gasteiger partial charge in [-0.2, -0.15) is 0 Å². The number of benzene rings is 1. The monoisotopic (exact) mass is 338 g/mol. The number of H-pyrrole nitrogens is 1. The van der Waals surface area contributed by atoms with E-state index in [9.17, 15) is 14.4 Å². The van der Waals surface area contributed by atoms with Crippen molar-refractivity contribution < 1.29 is 9.59 Å². The van der Waals surface area contributed by atoms with E-state index in [1.54, 1.807) is 24.3 Å². The number of fused-ring (bicyclic) bond motifs is 1. The van der Waals surface area contributed by atoms with Gasteiger partial charge in [-0.25, -0.2) is 9.97 Å². The number of para-hydroxylation sites is 1. The molecule has 25 heavy (non-hydrogen) atoms. The summed E-state index contributed by atoms with van der Waals surface area (Å²) < 4.78 is 0. The Morgan fingerprint density at radius 2 is 1.80 bits per heavy atom. The maximum absolute atomic E-state index is 12.1. The molecular weight excluding hydrogens is 324 g/mol. The molecule has 0 radical (unpaired) electrons. The van der Waals surface area contributed by atoms with Crippen LogP contribution in [-0.4, -0.2) is 44.8 Å². The molecule has 0 unspecified atom stereocenters. The number of nitrogens with one attached hydrogen (secondary N) is 3. The number of aromatic nitrogens is 4. The number of amides is 2. The second-order valence-electron chi connectivity index (χ2n) is 5.03. The van der Waals surface area contributed by atoms with Gasteiger partial charge in [0.05, 0.1) is 17.1 Å². The van der Waals surface area contributed by atoms with Gasteiger partial charge >= 0.3 is 0 Å². The van der Waals surface area contributed by atoms with E-state index < -0.39 is 5.91 Å². The fraction of sp³-hybridized carbons (Fsp3) is 0.125. The van der Waals surface area contributed by atoms with Gasteiger partial charge in [-0.3, -0.25) is 19.4 Å². The van der Waals surface area contributed by atoms with Crippen molar-refractivity contribution in [3.8, 4) is 0 Å². The summed E-state index contributed by atoms with van der Waals surface area (Å²) >= 11 is 0. The summed E-state index contributed by atoms with van der Waals surface area (Å²) in [5, 5.41) is 5.59. The minimum atomic E-state index is -0.531. The molecule has 9 heteroatoms. The number of carbonyl (C=O) groups excluding carboxylic acids is 2. The Balaban J connectivity index is 1.56. The zero-order chi connectivity index (χ0) is 17.6. The SMILES string of the molecule is O=C(NCCNC(=O)c1nc2ccccc2c(=O)[nH]1)c1cnccn1. The summed E-state index contributed by atoms with van der Waals surface area (Å²) in [6.45, 7) is 0.361. The highest BCUT2D eigenvalue weighted by Gasteiger charge is 2.11. The summed E-state index contributed by atoms with van der Waals surface area (Å²) in [4.78, 5) is 50.0. The molecule has 0 aliphatic rings. The molecule has 0 bridgehead atoms. The van der Waals surface area contributed by atoms with Crippen LogP contribution in [0.4, 0.5) is 0 Å². The van der Waals surface area contributed by atoms with Crippen LogP contribution in [0.15, 0.2) is 47.7 Å². The van der Waals surface area contributed by atoms with Gasteiger partial charge in [0, 0.05) is 25.5 Å². The minimum Gasteiger partial charge on any atom is -0.349 e. The molecule has 2 heterocycles. The third-order valence-corrected chi connectivity index (χ3v) is 3.32. The van der Waals surface area contributed by atoms with E-state index in [1.807, 2.05) is 0 Å². The molecule has 3 N–H and O–H groups in total. The molecule has 1 aromatic carbocycles. The van der Waals surface area contributed by atoms with Crippen LogP contribution in [0, 0.1) is 0 Å². The van der Waals surface area contributed by atoms with Gasteiger partial charge in [0.25, 0.3) is 17.4 Å². The quantitative estimate of drug-likeness (QED) is 0.556. The summed E-state index contributed by atoms with van der Waals surface area (Å²) in [5.41, 5.74) is 0.244. The van der Waals surface area contributed by atoms with Crippen molar-refractivity contribution in [1.82, 2.24) is 30.6 Å². The largest absolute Gasteiger partial charge is 0.349 e. The fourth-order valence-corrected chi connectivity index (χ4v) is 2.14. The zero-order valence-electron chi connectivity index (χ0n) is 13.0. The first-order valence-corrected chi connectivity index (χ1v) is 7.46. The van der Waals surface area contributed by atoms with Gasteiger partial charge in [0.2, 0.25) is 0 Å². The predicted molar refractivity (Wildman–Crippen MR) is 89.1 cm³/mol. The van der Waals surface area contributed by atoms with Crippen molar-refractivity contribution in [3.63, 3.8) is 0 Å². The Hall–Kier alpha value is -3.62. The van der Waals surface area contributed by atoms with Gasteiger partial charge in [0.15, 0.2) is 5.82 Å². The molecule has 0 aliphatic carbocycles. The van der Waals surface area contributed by atoms with Crippen LogP contribution in [0.1, 0.15) is 21.1 Å². The summed E-state index contributed by atoms with van der Waals surface area (Å²) in [7, 11) is 0. The van der Waals surface area contributed by atoms with E-state index in [1.165, 1.54) is 18.6 Å². The smallest absolute Gasteiger partial charge is 0.287 e. The second-order valence-corrected chi connectivity index (χ2v) is 5.03. The Labute approximate surface area is 141 Å². The van der Waals surface area contributed by atoms with Gasteiger partial charge in [-0.05, 0) is 12.1 Å². The number of aromatic amines is 1. The number of nitrogens with zero attached hydrogens (tertiary/aromatic N) is 3. The zero-order valence-corrected chi connectivity index (χ0v) is 13.0. The van der Waals surface area contributed by atoms with Crippen LogP contribution in [0.25, 0.3) is 10.9 Å². The highest BCUT2D eigenvalue weighted by Crippen LogP contribution is 2.05. The molecule has 0 saturated carbocycles. The first kappa shape index (κ1) is 16.2. The molecule has 0 spiro atoms. The van der Waals surface area contributed by atoms with Gasteiger partial charge in [-0.1, -0.05) is 12.1 Å². The number of hydrogen-bond donors (Lipinski definition) is 3. The average molecular weight is 338 g/mol. The fourth-order valence-electron chi connectivity index (χ4n) is 2.14. The van der Waals surface area contributed by atoms with Crippen LogP contribution < -0.4 is 16.2 Å². The lowest BCUT2D eigenvalue weighted by atomic mass is 10.2. The highest BCUT2D eigenvalue weighted by atomic mass is 16.2. The lowest BCUT2D eigenvalue weighted by Crippen LogP contribution is -2.36. The molecular formula is C16H14N6O3. The topological polar surface area (TPSA) is 130 Å². The molecule has 0 fully saturated rings. The van der Waals surface area contributed by atoms with E-state index in [4.69, 9.17) is 0 Å². The van der Waals surface area contributed by atoms with Gasteiger partial charge in [0.1, 0.15) is 5.69 Å². The third kappa shape index (κ3) is 3.83. The van der Waals surface area contributed by atoms with Crippen molar-refractivity contribution in [2.24, 2.45) is 0 Å². The van der Waals surface area contributed by atoms with Crippen molar-refractivity contribution >= 4 is 22.7 Å². The van der Waals surface area contributed by atoms with Gasteiger partial charge < -0.3 is 15.6 Å². The standard InChI is InChI=1S/C16H14N6O3/c23-14-10-3-1-2-4-11(10)21-13(22-14)16(25)20-8-7-19-15(24)12-9-17-5-6-18-12/h1-6,9H,7-8H2,(H,19,24)(H,20,25)(H,21,22,23). The van der Waals surface area contributed by atoms with E-state index in [0.29, 0.717) is 10.9 Å². The van der Waals surface area contributed by atoms with E-state index in [-0.39, 0.29) is 36.1 Å². The molecule has 9 nitrogen and oxygen atoms in total. The number of hydrogen-bond acceptors (Lipinski definition) is 6. The van der Waals surface area contributed by atoms with Crippen LogP contribution in [-0.2, 0) is 0 Å². The van der Waals surface area contributed by atoms with Crippen LogP contribution in [0.2, 0.25) is 0 Å². The number of carbonyl (C=O) groups is 2. The van der Waals surface area contributed by atoms with Crippen molar-refractivity contribution in [1.29, 1.82) is 0 Å². The third-order valence-electron chi connectivity index (χ3n) is 3.32. The summed E-state index contributed by atoms with van der Waals surface area (Å²) in [6.07, 6.45) is 4.23.